The number of hydrogen-bond acceptors (Lipinski definition) is 3. The van der Waals surface area contributed by atoms with E-state index in [9.17, 15) is 0 Å². The van der Waals surface area contributed by atoms with Gasteiger partial charge in [0.15, 0.2) is 0 Å². The van der Waals surface area contributed by atoms with Crippen molar-refractivity contribution in [1.29, 1.82) is 0 Å². The molecule has 0 radical (unpaired) electrons. The Kier molecular flexibility index (Phi) is 3.67. The average Bonchev–Trinajstić information content (AvgIpc) is 2.79. The van der Waals surface area contributed by atoms with Crippen LogP contribution < -0.4 is 10.5 Å². The van der Waals surface area contributed by atoms with Crippen molar-refractivity contribution in [3.05, 3.63) is 47.2 Å². The van der Waals surface area contributed by atoms with E-state index in [-0.39, 0.29) is 6.04 Å². The van der Waals surface area contributed by atoms with Gasteiger partial charge in [-0.05, 0) is 17.5 Å². The summed E-state index contributed by atoms with van der Waals surface area (Å²) >= 11 is 0. The van der Waals surface area contributed by atoms with Crippen LogP contribution in [0.5, 0.6) is 5.88 Å². The summed E-state index contributed by atoms with van der Waals surface area (Å²) in [6.45, 7) is 2.13. The minimum absolute atomic E-state index is 0.216. The first-order valence-electron chi connectivity index (χ1n) is 6.08. The summed E-state index contributed by atoms with van der Waals surface area (Å²) in [5.74, 6) is 0.715. The fourth-order valence-corrected chi connectivity index (χ4v) is 1.99. The molecule has 0 aliphatic carbocycles. The van der Waals surface area contributed by atoms with Gasteiger partial charge in [0.2, 0.25) is 5.88 Å². The molecule has 2 aromatic rings. The van der Waals surface area contributed by atoms with Crippen molar-refractivity contribution in [2.75, 3.05) is 7.11 Å². The molecule has 96 valence electrons. The number of methoxy groups -OCH3 is 1. The normalized spacial score (nSPS) is 12.4. The molecule has 0 saturated heterocycles. The maximum Gasteiger partial charge on any atom is 0.211 e. The second-order valence-electron chi connectivity index (χ2n) is 4.31. The van der Waals surface area contributed by atoms with Crippen LogP contribution in [0.15, 0.2) is 30.3 Å². The Labute approximate surface area is 107 Å². The zero-order valence-corrected chi connectivity index (χ0v) is 11.1. The number of nitrogens with zero attached hydrogens (tertiary/aromatic N) is 2. The summed E-state index contributed by atoms with van der Waals surface area (Å²) in [7, 11) is 3.47. The lowest BCUT2D eigenvalue weighted by molar-refractivity contribution is 0.373. The molecule has 0 spiro atoms. The maximum absolute atomic E-state index is 6.25. The number of aromatic nitrogens is 2. The molecule has 1 atom stereocenters. The van der Waals surface area contributed by atoms with Gasteiger partial charge in [-0.25, -0.2) is 4.68 Å². The van der Waals surface area contributed by atoms with E-state index < -0.39 is 0 Å². The highest BCUT2D eigenvalue weighted by atomic mass is 16.5. The second kappa shape index (κ2) is 5.23. The standard InChI is InChI=1S/C14H19N3O/c1-4-10-6-5-7-11(8-10)14(15)12-9-13(18-3)17(2)16-12/h5-9,14H,4,15H2,1-3H3. The summed E-state index contributed by atoms with van der Waals surface area (Å²) in [5, 5.41) is 4.38. The second-order valence-corrected chi connectivity index (χ2v) is 4.31. The van der Waals surface area contributed by atoms with Gasteiger partial charge in [-0.3, -0.25) is 0 Å². The number of ether oxygens (including phenoxy) is 1. The van der Waals surface area contributed by atoms with Crippen LogP contribution >= 0.6 is 0 Å². The highest BCUT2D eigenvalue weighted by Gasteiger charge is 2.14. The predicted molar refractivity (Wildman–Crippen MR) is 71.6 cm³/mol. The Morgan fingerprint density at radius 1 is 1.39 bits per heavy atom. The zero-order valence-electron chi connectivity index (χ0n) is 11.1. The van der Waals surface area contributed by atoms with Crippen molar-refractivity contribution in [2.24, 2.45) is 12.8 Å². The molecule has 1 heterocycles. The number of rotatable bonds is 4. The van der Waals surface area contributed by atoms with Gasteiger partial charge in [-0.1, -0.05) is 31.2 Å². The van der Waals surface area contributed by atoms with Gasteiger partial charge >= 0.3 is 0 Å². The van der Waals surface area contributed by atoms with Gasteiger partial charge in [-0.15, -0.1) is 0 Å². The third-order valence-corrected chi connectivity index (χ3v) is 3.10. The van der Waals surface area contributed by atoms with Crippen LogP contribution in [0, 0.1) is 0 Å². The molecule has 0 saturated carbocycles. The van der Waals surface area contributed by atoms with Crippen LogP contribution in [0.1, 0.15) is 29.8 Å². The summed E-state index contributed by atoms with van der Waals surface area (Å²) in [5.41, 5.74) is 9.43. The first-order valence-corrected chi connectivity index (χ1v) is 6.08. The van der Waals surface area contributed by atoms with Crippen molar-refractivity contribution in [3.63, 3.8) is 0 Å². The topological polar surface area (TPSA) is 53.1 Å². The van der Waals surface area contributed by atoms with E-state index in [2.05, 4.69) is 24.2 Å². The van der Waals surface area contributed by atoms with Crippen LogP contribution in [0.25, 0.3) is 0 Å². The number of hydrogen-bond donors (Lipinski definition) is 1. The number of aryl methyl sites for hydroxylation is 2. The third kappa shape index (κ3) is 2.38. The van der Waals surface area contributed by atoms with Crippen LogP contribution in [0.2, 0.25) is 0 Å². The van der Waals surface area contributed by atoms with Gasteiger partial charge in [0, 0.05) is 13.1 Å². The van der Waals surface area contributed by atoms with Gasteiger partial charge in [0.1, 0.15) is 0 Å². The fraction of sp³-hybridized carbons (Fsp3) is 0.357. The smallest absolute Gasteiger partial charge is 0.211 e. The quantitative estimate of drug-likeness (QED) is 0.896. The van der Waals surface area contributed by atoms with E-state index in [0.29, 0.717) is 5.88 Å². The molecule has 2 N–H and O–H groups in total. The molecule has 4 nitrogen and oxygen atoms in total. The number of benzene rings is 1. The summed E-state index contributed by atoms with van der Waals surface area (Å²) < 4.78 is 6.89. The van der Waals surface area contributed by atoms with Gasteiger partial charge < -0.3 is 10.5 Å². The molecule has 4 heteroatoms. The Bertz CT molecular complexity index is 534. The van der Waals surface area contributed by atoms with Crippen molar-refractivity contribution in [2.45, 2.75) is 19.4 Å². The molecule has 0 aliphatic heterocycles. The Hall–Kier alpha value is -1.81. The van der Waals surface area contributed by atoms with Crippen molar-refractivity contribution >= 4 is 0 Å². The minimum atomic E-state index is -0.216. The van der Waals surface area contributed by atoms with Crippen molar-refractivity contribution in [3.8, 4) is 5.88 Å². The third-order valence-electron chi connectivity index (χ3n) is 3.10. The SMILES string of the molecule is CCc1cccc(C(N)c2cc(OC)n(C)n2)c1. The lowest BCUT2D eigenvalue weighted by atomic mass is 10.0. The number of nitrogens with two attached hydrogens (primary N) is 1. The van der Waals surface area contributed by atoms with Crippen LogP contribution in [-0.2, 0) is 13.5 Å². The molecule has 0 aliphatic rings. The first kappa shape index (κ1) is 12.6. The summed E-state index contributed by atoms with van der Waals surface area (Å²) in [4.78, 5) is 0. The van der Waals surface area contributed by atoms with Crippen LogP contribution in [0.4, 0.5) is 0 Å². The first-order chi connectivity index (χ1) is 8.65. The van der Waals surface area contributed by atoms with E-state index in [4.69, 9.17) is 10.5 Å². The van der Waals surface area contributed by atoms with Gasteiger partial charge in [0.25, 0.3) is 0 Å². The molecular formula is C14H19N3O. The monoisotopic (exact) mass is 245 g/mol. The lowest BCUT2D eigenvalue weighted by Gasteiger charge is -2.10. The maximum atomic E-state index is 6.25. The lowest BCUT2D eigenvalue weighted by Crippen LogP contribution is -2.13. The Morgan fingerprint density at radius 2 is 2.17 bits per heavy atom. The average molecular weight is 245 g/mol. The highest BCUT2D eigenvalue weighted by Crippen LogP contribution is 2.22. The van der Waals surface area contributed by atoms with E-state index in [0.717, 1.165) is 17.7 Å². The van der Waals surface area contributed by atoms with Crippen LogP contribution in [0.3, 0.4) is 0 Å². The summed E-state index contributed by atoms with van der Waals surface area (Å²) in [6.07, 6.45) is 1.01. The van der Waals surface area contributed by atoms with E-state index in [1.807, 2.05) is 25.2 Å². The largest absolute Gasteiger partial charge is 0.481 e. The Morgan fingerprint density at radius 3 is 2.78 bits per heavy atom. The predicted octanol–water partition coefficient (Wildman–Crippen LogP) is 2.04. The molecule has 0 bridgehead atoms. The highest BCUT2D eigenvalue weighted by molar-refractivity contribution is 5.32. The zero-order chi connectivity index (χ0) is 13.1. The molecule has 0 fully saturated rings. The van der Waals surface area contributed by atoms with E-state index in [1.54, 1.807) is 11.8 Å². The van der Waals surface area contributed by atoms with Crippen molar-refractivity contribution < 1.29 is 4.74 Å². The van der Waals surface area contributed by atoms with Crippen LogP contribution in [-0.4, -0.2) is 16.9 Å². The fourth-order valence-electron chi connectivity index (χ4n) is 1.99. The molecule has 1 aromatic heterocycles. The van der Waals surface area contributed by atoms with Gasteiger partial charge in [0.05, 0.1) is 18.8 Å². The molecule has 1 unspecified atom stereocenters. The van der Waals surface area contributed by atoms with Crippen molar-refractivity contribution in [1.82, 2.24) is 9.78 Å². The molecule has 0 amide bonds. The molecule has 18 heavy (non-hydrogen) atoms. The van der Waals surface area contributed by atoms with E-state index in [1.165, 1.54) is 5.56 Å². The molecular weight excluding hydrogens is 226 g/mol. The van der Waals surface area contributed by atoms with Gasteiger partial charge in [-0.2, -0.15) is 5.10 Å². The molecule has 2 rings (SSSR count). The van der Waals surface area contributed by atoms with E-state index >= 15 is 0 Å². The minimum Gasteiger partial charge on any atom is -0.481 e. The Balaban J connectivity index is 2.31. The molecule has 1 aromatic carbocycles. The summed E-state index contributed by atoms with van der Waals surface area (Å²) in [6, 6.07) is 9.97.